The van der Waals surface area contributed by atoms with Gasteiger partial charge in [-0.05, 0) is 32.1 Å². The Hall–Kier alpha value is -0.0400. The molecule has 1 aliphatic carbocycles. The van der Waals surface area contributed by atoms with Crippen LogP contribution >= 0.6 is 0 Å². The van der Waals surface area contributed by atoms with Gasteiger partial charge >= 0.3 is 0 Å². The zero-order valence-corrected chi connectivity index (χ0v) is 8.18. The Morgan fingerprint density at radius 1 is 1.00 bits per heavy atom. The third-order valence-electron chi connectivity index (χ3n) is 3.67. The second kappa shape index (κ2) is 3.78. The summed E-state index contributed by atoms with van der Waals surface area (Å²) in [6, 6.07) is 1.66. The standard InChI is InChI=1S/C11H21N/c1-9-10-6-4-2-3-5-7-11(8-10)12-9/h9-12H,2-8H2,1H3. The number of fused-ring (bicyclic) bond motifs is 2. The van der Waals surface area contributed by atoms with Crippen molar-refractivity contribution in [3.8, 4) is 0 Å². The van der Waals surface area contributed by atoms with Crippen molar-refractivity contribution in [1.29, 1.82) is 0 Å². The van der Waals surface area contributed by atoms with Gasteiger partial charge in [-0.2, -0.15) is 0 Å². The zero-order chi connectivity index (χ0) is 8.39. The van der Waals surface area contributed by atoms with Gasteiger partial charge < -0.3 is 5.32 Å². The van der Waals surface area contributed by atoms with Crippen molar-refractivity contribution in [2.24, 2.45) is 5.92 Å². The van der Waals surface area contributed by atoms with E-state index in [1.165, 1.54) is 44.9 Å². The smallest absolute Gasteiger partial charge is 0.00728 e. The average molecular weight is 167 g/mol. The molecule has 0 amide bonds. The van der Waals surface area contributed by atoms with E-state index in [1.54, 1.807) is 0 Å². The maximum Gasteiger partial charge on any atom is 0.00728 e. The summed E-state index contributed by atoms with van der Waals surface area (Å²) >= 11 is 0. The molecular formula is C11H21N. The lowest BCUT2D eigenvalue weighted by molar-refractivity contribution is 0.418. The third kappa shape index (κ3) is 1.82. The van der Waals surface area contributed by atoms with Gasteiger partial charge in [0.05, 0.1) is 0 Å². The van der Waals surface area contributed by atoms with E-state index in [-0.39, 0.29) is 0 Å². The summed E-state index contributed by atoms with van der Waals surface area (Å²) in [6.45, 7) is 2.37. The van der Waals surface area contributed by atoms with Gasteiger partial charge in [-0.25, -0.2) is 0 Å². The minimum atomic E-state index is 0.799. The van der Waals surface area contributed by atoms with Crippen LogP contribution in [0.5, 0.6) is 0 Å². The van der Waals surface area contributed by atoms with Crippen LogP contribution < -0.4 is 5.32 Å². The molecule has 0 radical (unpaired) electrons. The predicted molar refractivity (Wildman–Crippen MR) is 52.2 cm³/mol. The van der Waals surface area contributed by atoms with E-state index in [0.717, 1.165) is 18.0 Å². The van der Waals surface area contributed by atoms with Gasteiger partial charge in [0.2, 0.25) is 0 Å². The molecule has 2 rings (SSSR count). The molecule has 1 saturated carbocycles. The van der Waals surface area contributed by atoms with E-state index >= 15 is 0 Å². The van der Waals surface area contributed by atoms with Crippen molar-refractivity contribution in [1.82, 2.24) is 5.32 Å². The third-order valence-corrected chi connectivity index (χ3v) is 3.67. The molecule has 1 heteroatoms. The minimum absolute atomic E-state index is 0.799. The SMILES string of the molecule is CC1NC2CCCCCCC1C2. The largest absolute Gasteiger partial charge is 0.311 e. The molecule has 70 valence electrons. The Balaban J connectivity index is 1.94. The van der Waals surface area contributed by atoms with Crippen LogP contribution in [0.1, 0.15) is 51.9 Å². The molecule has 1 aliphatic heterocycles. The first-order valence-corrected chi connectivity index (χ1v) is 5.62. The first-order chi connectivity index (χ1) is 5.86. The second-order valence-electron chi connectivity index (χ2n) is 4.64. The van der Waals surface area contributed by atoms with Gasteiger partial charge in [0, 0.05) is 12.1 Å². The molecule has 1 saturated heterocycles. The van der Waals surface area contributed by atoms with Crippen LogP contribution in [0.15, 0.2) is 0 Å². The summed E-state index contributed by atoms with van der Waals surface area (Å²) in [5.41, 5.74) is 0. The normalized spacial score (nSPS) is 43.2. The lowest BCUT2D eigenvalue weighted by Gasteiger charge is -2.15. The van der Waals surface area contributed by atoms with Crippen molar-refractivity contribution in [2.75, 3.05) is 0 Å². The molecule has 0 aromatic heterocycles. The Labute approximate surface area is 75.9 Å². The monoisotopic (exact) mass is 167 g/mol. The van der Waals surface area contributed by atoms with Crippen LogP contribution in [-0.2, 0) is 0 Å². The summed E-state index contributed by atoms with van der Waals surface area (Å²) in [5, 5.41) is 3.72. The highest BCUT2D eigenvalue weighted by Crippen LogP contribution is 2.30. The summed E-state index contributed by atoms with van der Waals surface area (Å²) < 4.78 is 0. The fraction of sp³-hybridized carbons (Fsp3) is 1.00. The highest BCUT2D eigenvalue weighted by atomic mass is 15.0. The maximum atomic E-state index is 3.72. The first kappa shape index (κ1) is 8.55. The Morgan fingerprint density at radius 2 is 1.75 bits per heavy atom. The Kier molecular flexibility index (Phi) is 2.69. The van der Waals surface area contributed by atoms with Crippen LogP contribution in [0.3, 0.4) is 0 Å². The molecule has 0 aromatic carbocycles. The van der Waals surface area contributed by atoms with Gasteiger partial charge in [0.25, 0.3) is 0 Å². The van der Waals surface area contributed by atoms with Crippen LogP contribution in [0.25, 0.3) is 0 Å². The molecule has 1 nitrogen and oxygen atoms in total. The number of rotatable bonds is 0. The van der Waals surface area contributed by atoms with Gasteiger partial charge in [-0.1, -0.05) is 25.7 Å². The van der Waals surface area contributed by atoms with Crippen molar-refractivity contribution < 1.29 is 0 Å². The number of nitrogens with one attached hydrogen (secondary N) is 1. The topological polar surface area (TPSA) is 12.0 Å². The van der Waals surface area contributed by atoms with E-state index in [2.05, 4.69) is 12.2 Å². The van der Waals surface area contributed by atoms with Crippen LogP contribution in [0.2, 0.25) is 0 Å². The minimum Gasteiger partial charge on any atom is -0.311 e. The first-order valence-electron chi connectivity index (χ1n) is 5.62. The number of hydrogen-bond donors (Lipinski definition) is 1. The average Bonchev–Trinajstić information content (AvgIpc) is 2.44. The molecule has 0 spiro atoms. The lowest BCUT2D eigenvalue weighted by atomic mass is 9.94. The predicted octanol–water partition coefficient (Wildman–Crippen LogP) is 2.71. The molecule has 12 heavy (non-hydrogen) atoms. The molecule has 2 aliphatic rings. The van der Waals surface area contributed by atoms with Crippen molar-refractivity contribution in [3.63, 3.8) is 0 Å². The fourth-order valence-corrected chi connectivity index (χ4v) is 2.87. The summed E-state index contributed by atoms with van der Waals surface area (Å²) in [6.07, 6.45) is 10.3. The van der Waals surface area contributed by atoms with Crippen LogP contribution in [0, 0.1) is 5.92 Å². The van der Waals surface area contributed by atoms with E-state index < -0.39 is 0 Å². The summed E-state index contributed by atoms with van der Waals surface area (Å²) in [7, 11) is 0. The van der Waals surface area contributed by atoms with Crippen molar-refractivity contribution in [3.05, 3.63) is 0 Å². The highest BCUT2D eigenvalue weighted by Gasteiger charge is 2.30. The molecule has 2 bridgehead atoms. The Bertz CT molecular complexity index is 144. The van der Waals surface area contributed by atoms with Crippen molar-refractivity contribution in [2.45, 2.75) is 64.0 Å². The van der Waals surface area contributed by atoms with Gasteiger partial charge in [0.1, 0.15) is 0 Å². The molecule has 3 atom stereocenters. The van der Waals surface area contributed by atoms with Crippen LogP contribution in [0.4, 0.5) is 0 Å². The molecule has 1 heterocycles. The maximum absolute atomic E-state index is 3.72. The zero-order valence-electron chi connectivity index (χ0n) is 8.18. The number of hydrogen-bond acceptors (Lipinski definition) is 1. The Morgan fingerprint density at radius 3 is 2.58 bits per heavy atom. The van der Waals surface area contributed by atoms with Gasteiger partial charge in [-0.15, -0.1) is 0 Å². The molecular weight excluding hydrogens is 146 g/mol. The van der Waals surface area contributed by atoms with Gasteiger partial charge in [-0.3, -0.25) is 0 Å². The molecule has 2 fully saturated rings. The van der Waals surface area contributed by atoms with Crippen molar-refractivity contribution >= 4 is 0 Å². The lowest BCUT2D eigenvalue weighted by Crippen LogP contribution is -2.29. The second-order valence-corrected chi connectivity index (χ2v) is 4.64. The summed E-state index contributed by atoms with van der Waals surface area (Å²) in [4.78, 5) is 0. The highest BCUT2D eigenvalue weighted by molar-refractivity contribution is 4.88. The van der Waals surface area contributed by atoms with Crippen LogP contribution in [-0.4, -0.2) is 12.1 Å². The van der Waals surface area contributed by atoms with E-state index in [9.17, 15) is 0 Å². The quantitative estimate of drug-likeness (QED) is 0.585. The van der Waals surface area contributed by atoms with E-state index in [0.29, 0.717) is 0 Å². The van der Waals surface area contributed by atoms with E-state index in [1.807, 2.05) is 0 Å². The van der Waals surface area contributed by atoms with E-state index in [4.69, 9.17) is 0 Å². The fourth-order valence-electron chi connectivity index (χ4n) is 2.87. The summed E-state index contributed by atoms with van der Waals surface area (Å²) in [5.74, 6) is 0.994. The van der Waals surface area contributed by atoms with Gasteiger partial charge in [0.15, 0.2) is 0 Å². The molecule has 1 N–H and O–H groups in total. The molecule has 3 unspecified atom stereocenters. The molecule has 0 aromatic rings.